The maximum atomic E-state index is 12.8. The second-order valence-electron chi connectivity index (χ2n) is 5.76. The third-order valence-electron chi connectivity index (χ3n) is 4.05. The number of ether oxygens (including phenoxy) is 2. The molecule has 0 unspecified atom stereocenters. The second-order valence-corrected chi connectivity index (χ2v) is 5.76. The molecule has 0 amide bonds. The molecule has 0 spiro atoms. The van der Waals surface area contributed by atoms with Crippen LogP contribution in [0.5, 0.6) is 11.5 Å². The van der Waals surface area contributed by atoms with E-state index in [1.807, 2.05) is 30.3 Å². The van der Waals surface area contributed by atoms with Crippen LogP contribution in [0.25, 0.3) is 17.0 Å². The van der Waals surface area contributed by atoms with Crippen molar-refractivity contribution in [1.29, 1.82) is 5.26 Å². The van der Waals surface area contributed by atoms with Crippen molar-refractivity contribution in [2.24, 2.45) is 0 Å². The number of para-hydroxylation sites is 1. The van der Waals surface area contributed by atoms with Crippen LogP contribution in [0.15, 0.2) is 66.9 Å². The summed E-state index contributed by atoms with van der Waals surface area (Å²) in [7, 11) is 1.53. The van der Waals surface area contributed by atoms with E-state index in [0.29, 0.717) is 29.2 Å². The molecule has 5 nitrogen and oxygen atoms in total. The SMILES string of the molecule is C=CCOc1ccc(/C=C(\C#N)C(=O)c2c[nH]c3ccccc23)cc1OC. The van der Waals surface area contributed by atoms with Crippen molar-refractivity contribution in [1.82, 2.24) is 4.98 Å². The predicted octanol–water partition coefficient (Wildman–Crippen LogP) is 4.53. The van der Waals surface area contributed by atoms with Crippen molar-refractivity contribution in [3.8, 4) is 17.6 Å². The van der Waals surface area contributed by atoms with Crippen LogP contribution in [0, 0.1) is 11.3 Å². The number of nitriles is 1. The van der Waals surface area contributed by atoms with E-state index in [9.17, 15) is 10.1 Å². The molecule has 5 heteroatoms. The predicted molar refractivity (Wildman–Crippen MR) is 105 cm³/mol. The highest BCUT2D eigenvalue weighted by molar-refractivity contribution is 6.19. The molecular weight excluding hydrogens is 340 g/mol. The number of benzene rings is 2. The number of nitrogens with one attached hydrogen (secondary N) is 1. The number of H-pyrrole nitrogens is 1. The molecule has 0 bridgehead atoms. The molecule has 134 valence electrons. The largest absolute Gasteiger partial charge is 0.493 e. The molecule has 1 aromatic heterocycles. The van der Waals surface area contributed by atoms with Gasteiger partial charge >= 0.3 is 0 Å². The van der Waals surface area contributed by atoms with E-state index in [1.54, 1.807) is 36.5 Å². The van der Waals surface area contributed by atoms with Gasteiger partial charge in [0.25, 0.3) is 0 Å². The van der Waals surface area contributed by atoms with Crippen LogP contribution in [0.3, 0.4) is 0 Å². The summed E-state index contributed by atoms with van der Waals surface area (Å²) in [6, 6.07) is 14.7. The van der Waals surface area contributed by atoms with E-state index in [2.05, 4.69) is 11.6 Å². The number of Topliss-reactive ketones (excluding diaryl/α,β-unsaturated/α-hetero) is 1. The molecule has 0 fully saturated rings. The molecule has 27 heavy (non-hydrogen) atoms. The monoisotopic (exact) mass is 358 g/mol. The van der Waals surface area contributed by atoms with E-state index < -0.39 is 0 Å². The Morgan fingerprint density at radius 3 is 2.81 bits per heavy atom. The van der Waals surface area contributed by atoms with Gasteiger partial charge in [0.1, 0.15) is 18.2 Å². The molecule has 0 aliphatic carbocycles. The zero-order valence-corrected chi connectivity index (χ0v) is 14.9. The van der Waals surface area contributed by atoms with Gasteiger partial charge in [-0.05, 0) is 29.8 Å². The number of methoxy groups -OCH3 is 1. The van der Waals surface area contributed by atoms with E-state index in [-0.39, 0.29) is 11.4 Å². The van der Waals surface area contributed by atoms with Crippen molar-refractivity contribution in [2.45, 2.75) is 0 Å². The lowest BCUT2D eigenvalue weighted by atomic mass is 10.0. The Morgan fingerprint density at radius 1 is 1.26 bits per heavy atom. The van der Waals surface area contributed by atoms with E-state index in [1.165, 1.54) is 7.11 Å². The average Bonchev–Trinajstić information content (AvgIpc) is 3.14. The van der Waals surface area contributed by atoms with Crippen LogP contribution < -0.4 is 9.47 Å². The van der Waals surface area contributed by atoms with Gasteiger partial charge in [-0.15, -0.1) is 0 Å². The number of ketones is 1. The molecule has 0 saturated heterocycles. The number of hydrogen-bond donors (Lipinski definition) is 1. The van der Waals surface area contributed by atoms with E-state index in [0.717, 1.165) is 10.9 Å². The van der Waals surface area contributed by atoms with Crippen molar-refractivity contribution in [2.75, 3.05) is 13.7 Å². The molecular formula is C22H18N2O3. The second kappa shape index (κ2) is 8.07. The third-order valence-corrected chi connectivity index (χ3v) is 4.05. The zero-order chi connectivity index (χ0) is 19.2. The summed E-state index contributed by atoms with van der Waals surface area (Å²) in [5.74, 6) is 0.749. The Balaban J connectivity index is 1.95. The maximum Gasteiger partial charge on any atom is 0.205 e. The normalized spacial score (nSPS) is 11.0. The van der Waals surface area contributed by atoms with Gasteiger partial charge < -0.3 is 14.5 Å². The van der Waals surface area contributed by atoms with E-state index >= 15 is 0 Å². The molecule has 3 aromatic rings. The number of rotatable bonds is 7. The van der Waals surface area contributed by atoms with E-state index in [4.69, 9.17) is 9.47 Å². The summed E-state index contributed by atoms with van der Waals surface area (Å²) >= 11 is 0. The van der Waals surface area contributed by atoms with Crippen molar-refractivity contribution >= 4 is 22.8 Å². The smallest absolute Gasteiger partial charge is 0.205 e. The van der Waals surface area contributed by atoms with Crippen LogP contribution in [0.1, 0.15) is 15.9 Å². The van der Waals surface area contributed by atoms with Crippen LogP contribution in [-0.4, -0.2) is 24.5 Å². The Bertz CT molecular complexity index is 1070. The van der Waals surface area contributed by atoms with Gasteiger partial charge in [0.2, 0.25) is 5.78 Å². The van der Waals surface area contributed by atoms with Crippen LogP contribution in [0.2, 0.25) is 0 Å². The number of aromatic nitrogens is 1. The molecule has 0 aliphatic heterocycles. The molecule has 1 heterocycles. The molecule has 0 aliphatic rings. The summed E-state index contributed by atoms with van der Waals surface area (Å²) in [5.41, 5.74) is 2.03. The lowest BCUT2D eigenvalue weighted by Gasteiger charge is -2.10. The van der Waals surface area contributed by atoms with Crippen molar-refractivity contribution < 1.29 is 14.3 Å². The lowest BCUT2D eigenvalue weighted by molar-refractivity contribution is 0.104. The van der Waals surface area contributed by atoms with Crippen molar-refractivity contribution in [3.63, 3.8) is 0 Å². The average molecular weight is 358 g/mol. The minimum Gasteiger partial charge on any atom is -0.493 e. The number of nitrogens with zero attached hydrogens (tertiary/aromatic N) is 1. The maximum absolute atomic E-state index is 12.8. The summed E-state index contributed by atoms with van der Waals surface area (Å²) in [6.07, 6.45) is 4.82. The van der Waals surface area contributed by atoms with Gasteiger partial charge in [0.15, 0.2) is 11.5 Å². The fourth-order valence-electron chi connectivity index (χ4n) is 2.76. The zero-order valence-electron chi connectivity index (χ0n) is 14.9. The first-order chi connectivity index (χ1) is 13.2. The Labute approximate surface area is 157 Å². The van der Waals surface area contributed by atoms with Gasteiger partial charge in [-0.3, -0.25) is 4.79 Å². The number of hydrogen-bond acceptors (Lipinski definition) is 4. The van der Waals surface area contributed by atoms with Gasteiger partial charge in [-0.1, -0.05) is 36.9 Å². The fourth-order valence-corrected chi connectivity index (χ4v) is 2.76. The number of allylic oxidation sites excluding steroid dienone is 1. The van der Waals surface area contributed by atoms with Gasteiger partial charge in [0.05, 0.1) is 7.11 Å². The Kier molecular flexibility index (Phi) is 5.38. The standard InChI is InChI=1S/C22H18N2O3/c1-3-10-27-20-9-8-15(12-21(20)26-2)11-16(13-23)22(25)18-14-24-19-7-5-4-6-17(18)19/h3-9,11-12,14,24H,1,10H2,2H3/b16-11+. The first-order valence-corrected chi connectivity index (χ1v) is 8.32. The Hall–Kier alpha value is -3.78. The van der Waals surface area contributed by atoms with Crippen LogP contribution in [-0.2, 0) is 0 Å². The van der Waals surface area contributed by atoms with Gasteiger partial charge in [0, 0.05) is 22.7 Å². The molecule has 1 N–H and O–H groups in total. The molecule has 2 aromatic carbocycles. The quantitative estimate of drug-likeness (QED) is 0.291. The highest BCUT2D eigenvalue weighted by Crippen LogP contribution is 2.29. The van der Waals surface area contributed by atoms with Crippen LogP contribution >= 0.6 is 0 Å². The number of fused-ring (bicyclic) bond motifs is 1. The summed E-state index contributed by atoms with van der Waals surface area (Å²) in [5, 5.41) is 10.3. The van der Waals surface area contributed by atoms with Gasteiger partial charge in [-0.2, -0.15) is 5.26 Å². The number of carbonyl (C=O) groups excluding carboxylic acids is 1. The highest BCUT2D eigenvalue weighted by Gasteiger charge is 2.17. The summed E-state index contributed by atoms with van der Waals surface area (Å²) < 4.78 is 10.8. The number of carbonyl (C=O) groups is 1. The minimum atomic E-state index is -0.332. The van der Waals surface area contributed by atoms with Crippen LogP contribution in [0.4, 0.5) is 0 Å². The minimum absolute atomic E-state index is 0.0431. The summed E-state index contributed by atoms with van der Waals surface area (Å²) in [4.78, 5) is 15.9. The molecule has 0 saturated carbocycles. The Morgan fingerprint density at radius 2 is 2.07 bits per heavy atom. The van der Waals surface area contributed by atoms with Gasteiger partial charge in [-0.25, -0.2) is 0 Å². The summed E-state index contributed by atoms with van der Waals surface area (Å²) in [6.45, 7) is 3.97. The molecule has 3 rings (SSSR count). The molecule has 0 atom stereocenters. The fraction of sp³-hybridized carbons (Fsp3) is 0.0909. The number of aromatic amines is 1. The third kappa shape index (κ3) is 3.75. The highest BCUT2D eigenvalue weighted by atomic mass is 16.5. The first kappa shape index (κ1) is 18.0. The molecule has 0 radical (unpaired) electrons. The lowest BCUT2D eigenvalue weighted by Crippen LogP contribution is -2.01. The topological polar surface area (TPSA) is 75.1 Å². The first-order valence-electron chi connectivity index (χ1n) is 8.32. The van der Waals surface area contributed by atoms with Crippen molar-refractivity contribution in [3.05, 3.63) is 78.0 Å².